The highest BCUT2D eigenvalue weighted by Gasteiger charge is 2.19. The van der Waals surface area contributed by atoms with Gasteiger partial charge in [0.2, 0.25) is 10.6 Å². The average Bonchev–Trinajstić information content (AvgIpc) is 3.45. The molecule has 0 spiro atoms. The van der Waals surface area contributed by atoms with Crippen LogP contribution >= 0.6 is 12.2 Å². The molecule has 2 N–H and O–H groups in total. The fourth-order valence-corrected chi connectivity index (χ4v) is 4.52. The van der Waals surface area contributed by atoms with Crippen molar-refractivity contribution in [2.45, 2.75) is 44.6 Å². The lowest BCUT2D eigenvalue weighted by molar-refractivity contribution is 0.321. The molecule has 1 aliphatic rings. The molecule has 2 aromatic heterocycles. The maximum atomic E-state index is 5.34. The molecular formula is C22H23N7S. The number of tetrazole rings is 1. The molecule has 7 nitrogen and oxygen atoms in total. The first-order valence-corrected chi connectivity index (χ1v) is 10.8. The van der Waals surface area contributed by atoms with E-state index in [1.54, 1.807) is 0 Å². The second-order valence-corrected chi connectivity index (χ2v) is 8.15. The van der Waals surface area contributed by atoms with Crippen LogP contribution in [0.25, 0.3) is 22.5 Å². The molecule has 0 saturated heterocycles. The van der Waals surface area contributed by atoms with Crippen LogP contribution in [0.2, 0.25) is 0 Å². The van der Waals surface area contributed by atoms with E-state index in [0.29, 0.717) is 16.6 Å². The van der Waals surface area contributed by atoms with Crippen LogP contribution in [0, 0.1) is 4.77 Å². The molecule has 8 heteroatoms. The summed E-state index contributed by atoms with van der Waals surface area (Å²) < 4.78 is 2.78. The Labute approximate surface area is 179 Å². The Hall–Kier alpha value is -3.13. The highest BCUT2D eigenvalue weighted by Crippen LogP contribution is 2.31. The molecular weight excluding hydrogens is 394 g/mol. The number of aromatic nitrogens is 7. The molecule has 1 saturated carbocycles. The van der Waals surface area contributed by atoms with E-state index >= 15 is 0 Å². The molecule has 0 aliphatic heterocycles. The molecule has 5 rings (SSSR count). The molecule has 1 fully saturated rings. The van der Waals surface area contributed by atoms with E-state index in [4.69, 9.17) is 12.2 Å². The highest BCUT2D eigenvalue weighted by molar-refractivity contribution is 7.71. The van der Waals surface area contributed by atoms with E-state index in [1.807, 2.05) is 18.2 Å². The van der Waals surface area contributed by atoms with Gasteiger partial charge in [0, 0.05) is 12.0 Å². The predicted molar refractivity (Wildman–Crippen MR) is 117 cm³/mol. The van der Waals surface area contributed by atoms with Gasteiger partial charge in [-0.05, 0) is 47.0 Å². The summed E-state index contributed by atoms with van der Waals surface area (Å²) in [7, 11) is 0. The number of hydrogen-bond donors (Lipinski definition) is 2. The van der Waals surface area contributed by atoms with Crippen molar-refractivity contribution < 1.29 is 0 Å². The van der Waals surface area contributed by atoms with Gasteiger partial charge in [-0.3, -0.25) is 9.78 Å². The monoisotopic (exact) mass is 417 g/mol. The number of benzene rings is 2. The maximum Gasteiger partial charge on any atom is 0.213 e. The number of hydrogen-bond acceptors (Lipinski definition) is 5. The van der Waals surface area contributed by atoms with Crippen molar-refractivity contribution in [3.63, 3.8) is 0 Å². The van der Waals surface area contributed by atoms with Crippen LogP contribution < -0.4 is 0 Å². The molecule has 0 unspecified atom stereocenters. The third kappa shape index (κ3) is 3.82. The second-order valence-electron chi connectivity index (χ2n) is 7.76. The van der Waals surface area contributed by atoms with Crippen molar-refractivity contribution in [1.29, 1.82) is 0 Å². The molecule has 0 atom stereocenters. The predicted octanol–water partition coefficient (Wildman–Crippen LogP) is 4.88. The van der Waals surface area contributed by atoms with Crippen LogP contribution in [0.1, 0.15) is 49.5 Å². The second kappa shape index (κ2) is 8.31. The van der Waals surface area contributed by atoms with Gasteiger partial charge in [0.1, 0.15) is 5.82 Å². The van der Waals surface area contributed by atoms with Gasteiger partial charge < -0.3 is 0 Å². The van der Waals surface area contributed by atoms with Crippen LogP contribution in [0.5, 0.6) is 0 Å². The van der Waals surface area contributed by atoms with E-state index in [2.05, 4.69) is 65.7 Å². The zero-order chi connectivity index (χ0) is 20.3. The van der Waals surface area contributed by atoms with Crippen LogP contribution in [0.4, 0.5) is 0 Å². The SMILES string of the molecule is S=c1nc(Cc2ccc(-c3ccccc3-c3nn[nH]n3)cc2)n(C2CCCCC2)[nH]1. The molecule has 0 bridgehead atoms. The van der Waals surface area contributed by atoms with Crippen LogP contribution in [-0.2, 0) is 6.42 Å². The van der Waals surface area contributed by atoms with Gasteiger partial charge in [-0.15, -0.1) is 10.2 Å². The number of rotatable bonds is 5. The minimum absolute atomic E-state index is 0.485. The van der Waals surface area contributed by atoms with Gasteiger partial charge in [-0.2, -0.15) is 5.21 Å². The Balaban J connectivity index is 1.41. The summed E-state index contributed by atoms with van der Waals surface area (Å²) in [5.74, 6) is 1.62. The first-order chi connectivity index (χ1) is 14.8. The van der Waals surface area contributed by atoms with Crippen LogP contribution in [0.15, 0.2) is 48.5 Å². The van der Waals surface area contributed by atoms with Crippen molar-refractivity contribution in [3.8, 4) is 22.5 Å². The molecule has 2 aromatic carbocycles. The third-order valence-electron chi connectivity index (χ3n) is 5.81. The standard InChI is InChI=1S/C22H23N7S/c30-22-23-20(29(26-22)17-6-2-1-3-7-17)14-15-10-12-16(13-11-15)18-8-4-5-9-19(18)21-24-27-28-25-21/h4-5,8-13,17H,1-3,6-7,14H2,(H,26,30)(H,24,25,27,28). The zero-order valence-electron chi connectivity index (χ0n) is 16.6. The Morgan fingerprint density at radius 3 is 2.47 bits per heavy atom. The molecule has 2 heterocycles. The lowest BCUT2D eigenvalue weighted by Gasteiger charge is -2.24. The number of nitrogens with zero attached hydrogens (tertiary/aromatic N) is 5. The largest absolute Gasteiger partial charge is 0.271 e. The molecule has 152 valence electrons. The molecule has 0 amide bonds. The van der Waals surface area contributed by atoms with Crippen molar-refractivity contribution in [2.75, 3.05) is 0 Å². The minimum Gasteiger partial charge on any atom is -0.271 e. The van der Waals surface area contributed by atoms with Crippen molar-refractivity contribution in [3.05, 3.63) is 64.7 Å². The average molecular weight is 418 g/mol. The molecule has 1 aliphatic carbocycles. The summed E-state index contributed by atoms with van der Waals surface area (Å²) in [6, 6.07) is 17.2. The summed E-state index contributed by atoms with van der Waals surface area (Å²) >= 11 is 5.34. The number of nitrogens with one attached hydrogen (secondary N) is 2. The number of aromatic amines is 2. The smallest absolute Gasteiger partial charge is 0.213 e. The highest BCUT2D eigenvalue weighted by atomic mass is 32.1. The van der Waals surface area contributed by atoms with E-state index in [0.717, 1.165) is 28.9 Å². The summed E-state index contributed by atoms with van der Waals surface area (Å²) in [6.07, 6.45) is 7.03. The van der Waals surface area contributed by atoms with Crippen molar-refractivity contribution in [2.24, 2.45) is 0 Å². The van der Waals surface area contributed by atoms with Crippen LogP contribution in [0.3, 0.4) is 0 Å². The molecule has 30 heavy (non-hydrogen) atoms. The van der Waals surface area contributed by atoms with Crippen molar-refractivity contribution in [1.82, 2.24) is 35.4 Å². The summed E-state index contributed by atoms with van der Waals surface area (Å²) in [5, 5.41) is 17.8. The first-order valence-electron chi connectivity index (χ1n) is 10.4. The molecule has 4 aromatic rings. The Kier molecular flexibility index (Phi) is 5.23. The quantitative estimate of drug-likeness (QED) is 0.452. The Morgan fingerprint density at radius 1 is 0.967 bits per heavy atom. The summed E-state index contributed by atoms with van der Waals surface area (Å²) in [4.78, 5) is 4.60. The van der Waals surface area contributed by atoms with Gasteiger partial charge in [-0.25, -0.2) is 4.98 Å². The first kappa shape index (κ1) is 18.9. The topological polar surface area (TPSA) is 88.1 Å². The third-order valence-corrected chi connectivity index (χ3v) is 5.99. The van der Waals surface area contributed by atoms with E-state index in [9.17, 15) is 0 Å². The van der Waals surface area contributed by atoms with E-state index in [-0.39, 0.29) is 0 Å². The van der Waals surface area contributed by atoms with Crippen LogP contribution in [-0.4, -0.2) is 35.4 Å². The number of H-pyrrole nitrogens is 2. The summed E-state index contributed by atoms with van der Waals surface area (Å²) in [5.41, 5.74) is 4.36. The van der Waals surface area contributed by atoms with E-state index in [1.165, 1.54) is 37.7 Å². The maximum absolute atomic E-state index is 5.34. The van der Waals surface area contributed by atoms with E-state index < -0.39 is 0 Å². The summed E-state index contributed by atoms with van der Waals surface area (Å²) in [6.45, 7) is 0. The zero-order valence-corrected chi connectivity index (χ0v) is 17.4. The van der Waals surface area contributed by atoms with Gasteiger partial charge in [0.25, 0.3) is 0 Å². The van der Waals surface area contributed by atoms with Gasteiger partial charge in [-0.1, -0.05) is 67.8 Å². The fraction of sp³-hybridized carbons (Fsp3) is 0.318. The Bertz CT molecular complexity index is 1170. The van der Waals surface area contributed by atoms with Crippen molar-refractivity contribution >= 4 is 12.2 Å². The lowest BCUT2D eigenvalue weighted by atomic mass is 9.95. The minimum atomic E-state index is 0.485. The van der Waals surface area contributed by atoms with Gasteiger partial charge in [0.05, 0.1) is 6.04 Å². The Morgan fingerprint density at radius 2 is 1.73 bits per heavy atom. The fourth-order valence-electron chi connectivity index (χ4n) is 4.32. The molecule has 0 radical (unpaired) electrons. The normalized spacial score (nSPS) is 14.8. The van der Waals surface area contributed by atoms with Gasteiger partial charge in [0.15, 0.2) is 0 Å². The lowest BCUT2D eigenvalue weighted by Crippen LogP contribution is -2.17. The van der Waals surface area contributed by atoms with Gasteiger partial charge >= 0.3 is 0 Å².